The van der Waals surface area contributed by atoms with Crippen LogP contribution in [-0.4, -0.2) is 9.55 Å². The second kappa shape index (κ2) is 6.30. The summed E-state index contributed by atoms with van der Waals surface area (Å²) in [6, 6.07) is 29.9. The van der Waals surface area contributed by atoms with Gasteiger partial charge in [0, 0.05) is 24.1 Å². The molecule has 0 N–H and O–H groups in total. The van der Waals surface area contributed by atoms with Gasteiger partial charge in [-0.15, -0.1) is 0 Å². The fourth-order valence-electron chi connectivity index (χ4n) is 3.94. The van der Waals surface area contributed by atoms with Gasteiger partial charge in [0.2, 0.25) is 0 Å². The Bertz CT molecular complexity index is 1050. The zero-order valence-corrected chi connectivity index (χ0v) is 14.6. The van der Waals surface area contributed by atoms with E-state index in [-0.39, 0.29) is 0 Å². The lowest BCUT2D eigenvalue weighted by Crippen LogP contribution is -2.12. The van der Waals surface area contributed by atoms with Crippen LogP contribution in [0, 0.1) is 0 Å². The molecule has 0 saturated heterocycles. The van der Waals surface area contributed by atoms with Gasteiger partial charge in [0.1, 0.15) is 5.82 Å². The fourth-order valence-corrected chi connectivity index (χ4v) is 3.94. The van der Waals surface area contributed by atoms with Crippen molar-refractivity contribution in [3.05, 3.63) is 102 Å². The number of hydrogen-bond donors (Lipinski definition) is 0. The standard InChI is InChI=1S/C24H20N2/c1-3-9-18(10-4-1)17-22-23-21-14-8-7-11-19(21)15-16-26(23)24(25-22)20-12-5-2-6-13-20/h1-14H,15-17H2. The first kappa shape index (κ1) is 15.2. The molecule has 5 rings (SSSR count). The smallest absolute Gasteiger partial charge is 0.140 e. The normalized spacial score (nSPS) is 12.5. The van der Waals surface area contributed by atoms with Crippen molar-refractivity contribution in [2.75, 3.05) is 0 Å². The summed E-state index contributed by atoms with van der Waals surface area (Å²) in [4.78, 5) is 5.12. The summed E-state index contributed by atoms with van der Waals surface area (Å²) in [6.45, 7) is 0.984. The molecular formula is C24H20N2. The monoisotopic (exact) mass is 336 g/mol. The molecule has 0 radical (unpaired) electrons. The Kier molecular flexibility index (Phi) is 3.67. The predicted molar refractivity (Wildman–Crippen MR) is 106 cm³/mol. The zero-order chi connectivity index (χ0) is 17.3. The Balaban J connectivity index is 1.71. The molecular weight excluding hydrogens is 316 g/mol. The van der Waals surface area contributed by atoms with E-state index in [2.05, 4.69) is 89.5 Å². The maximum absolute atomic E-state index is 5.12. The third-order valence-corrected chi connectivity index (χ3v) is 5.16. The lowest BCUT2D eigenvalue weighted by molar-refractivity contribution is 0.690. The van der Waals surface area contributed by atoms with Gasteiger partial charge in [0.15, 0.2) is 0 Å². The molecule has 2 nitrogen and oxygen atoms in total. The Morgan fingerprint density at radius 2 is 1.46 bits per heavy atom. The van der Waals surface area contributed by atoms with Gasteiger partial charge in [-0.3, -0.25) is 0 Å². The first-order valence-electron chi connectivity index (χ1n) is 9.17. The van der Waals surface area contributed by atoms with Crippen LogP contribution in [0.1, 0.15) is 16.8 Å². The number of aryl methyl sites for hydroxylation is 1. The SMILES string of the molecule is c1ccc(Cc2nc(-c3ccccc3)n3c2-c2ccccc2CC3)cc1. The summed E-state index contributed by atoms with van der Waals surface area (Å²) in [7, 11) is 0. The highest BCUT2D eigenvalue weighted by Gasteiger charge is 2.24. The van der Waals surface area contributed by atoms with Gasteiger partial charge in [0.25, 0.3) is 0 Å². The van der Waals surface area contributed by atoms with Crippen LogP contribution in [-0.2, 0) is 19.4 Å². The van der Waals surface area contributed by atoms with Crippen molar-refractivity contribution in [2.45, 2.75) is 19.4 Å². The maximum atomic E-state index is 5.12. The van der Waals surface area contributed by atoms with Crippen LogP contribution in [0.3, 0.4) is 0 Å². The van der Waals surface area contributed by atoms with Crippen LogP contribution in [0.2, 0.25) is 0 Å². The second-order valence-electron chi connectivity index (χ2n) is 6.82. The zero-order valence-electron chi connectivity index (χ0n) is 14.6. The van der Waals surface area contributed by atoms with Crippen LogP contribution in [0.5, 0.6) is 0 Å². The highest BCUT2D eigenvalue weighted by molar-refractivity contribution is 5.73. The van der Waals surface area contributed by atoms with E-state index in [1.807, 2.05) is 0 Å². The van der Waals surface area contributed by atoms with Crippen molar-refractivity contribution in [1.82, 2.24) is 9.55 Å². The topological polar surface area (TPSA) is 17.8 Å². The van der Waals surface area contributed by atoms with Crippen molar-refractivity contribution in [3.63, 3.8) is 0 Å². The Morgan fingerprint density at radius 3 is 2.27 bits per heavy atom. The van der Waals surface area contributed by atoms with E-state index in [1.54, 1.807) is 0 Å². The molecule has 0 unspecified atom stereocenters. The molecule has 0 spiro atoms. The minimum Gasteiger partial charge on any atom is -0.323 e. The van der Waals surface area contributed by atoms with E-state index < -0.39 is 0 Å². The number of hydrogen-bond acceptors (Lipinski definition) is 1. The molecule has 0 saturated carbocycles. The number of nitrogens with zero attached hydrogens (tertiary/aromatic N) is 2. The first-order chi connectivity index (χ1) is 12.9. The molecule has 2 heteroatoms. The number of rotatable bonds is 3. The van der Waals surface area contributed by atoms with Gasteiger partial charge in [0.05, 0.1) is 11.4 Å². The Labute approximate surface area is 153 Å². The Hall–Kier alpha value is -3.13. The van der Waals surface area contributed by atoms with Crippen molar-refractivity contribution in [2.24, 2.45) is 0 Å². The van der Waals surface area contributed by atoms with E-state index in [0.717, 1.165) is 25.2 Å². The number of fused-ring (bicyclic) bond motifs is 3. The van der Waals surface area contributed by atoms with Crippen molar-refractivity contribution in [1.29, 1.82) is 0 Å². The molecule has 1 aliphatic rings. The first-order valence-corrected chi connectivity index (χ1v) is 9.17. The van der Waals surface area contributed by atoms with Gasteiger partial charge in [-0.25, -0.2) is 4.98 Å². The average molecular weight is 336 g/mol. The molecule has 4 aromatic rings. The van der Waals surface area contributed by atoms with E-state index in [9.17, 15) is 0 Å². The maximum Gasteiger partial charge on any atom is 0.140 e. The third kappa shape index (κ3) is 2.55. The lowest BCUT2D eigenvalue weighted by atomic mass is 9.95. The molecule has 1 aliphatic heterocycles. The molecule has 3 aromatic carbocycles. The van der Waals surface area contributed by atoms with Gasteiger partial charge in [-0.1, -0.05) is 84.9 Å². The summed E-state index contributed by atoms with van der Waals surface area (Å²) in [5.74, 6) is 1.08. The molecule has 2 heterocycles. The van der Waals surface area contributed by atoms with Crippen LogP contribution in [0.15, 0.2) is 84.9 Å². The van der Waals surface area contributed by atoms with Crippen LogP contribution in [0.4, 0.5) is 0 Å². The number of aromatic nitrogens is 2. The molecule has 0 amide bonds. The number of imidazole rings is 1. The summed E-state index contributed by atoms with van der Waals surface area (Å²) in [6.07, 6.45) is 1.92. The lowest BCUT2D eigenvalue weighted by Gasteiger charge is -2.21. The highest BCUT2D eigenvalue weighted by Crippen LogP contribution is 2.37. The van der Waals surface area contributed by atoms with Gasteiger partial charge >= 0.3 is 0 Å². The van der Waals surface area contributed by atoms with Crippen molar-refractivity contribution >= 4 is 0 Å². The van der Waals surface area contributed by atoms with Crippen LogP contribution < -0.4 is 0 Å². The highest BCUT2D eigenvalue weighted by atomic mass is 15.1. The summed E-state index contributed by atoms with van der Waals surface area (Å²) in [5.41, 5.74) is 7.70. The van der Waals surface area contributed by atoms with Gasteiger partial charge < -0.3 is 4.57 Å². The average Bonchev–Trinajstić information content (AvgIpc) is 3.08. The number of benzene rings is 3. The quantitative estimate of drug-likeness (QED) is 0.492. The summed E-state index contributed by atoms with van der Waals surface area (Å²) < 4.78 is 2.41. The largest absolute Gasteiger partial charge is 0.323 e. The van der Waals surface area contributed by atoms with Crippen molar-refractivity contribution < 1.29 is 0 Å². The second-order valence-corrected chi connectivity index (χ2v) is 6.82. The molecule has 126 valence electrons. The van der Waals surface area contributed by atoms with E-state index in [4.69, 9.17) is 4.98 Å². The fraction of sp³-hybridized carbons (Fsp3) is 0.125. The van der Waals surface area contributed by atoms with Crippen LogP contribution in [0.25, 0.3) is 22.6 Å². The summed E-state index contributed by atoms with van der Waals surface area (Å²) in [5, 5.41) is 0. The molecule has 1 aromatic heterocycles. The molecule has 0 aliphatic carbocycles. The van der Waals surface area contributed by atoms with E-state index in [1.165, 1.54) is 33.6 Å². The summed E-state index contributed by atoms with van der Waals surface area (Å²) >= 11 is 0. The predicted octanol–water partition coefficient (Wildman–Crippen LogP) is 5.36. The molecule has 0 bridgehead atoms. The molecule has 26 heavy (non-hydrogen) atoms. The van der Waals surface area contributed by atoms with Crippen LogP contribution >= 0.6 is 0 Å². The Morgan fingerprint density at radius 1 is 0.769 bits per heavy atom. The molecule has 0 atom stereocenters. The molecule has 0 fully saturated rings. The third-order valence-electron chi connectivity index (χ3n) is 5.16. The van der Waals surface area contributed by atoms with E-state index in [0.29, 0.717) is 0 Å². The minimum atomic E-state index is 0.858. The van der Waals surface area contributed by atoms with Gasteiger partial charge in [-0.2, -0.15) is 0 Å². The minimum absolute atomic E-state index is 0.858. The van der Waals surface area contributed by atoms with Crippen molar-refractivity contribution in [3.8, 4) is 22.6 Å². The van der Waals surface area contributed by atoms with Gasteiger partial charge in [-0.05, 0) is 17.5 Å². The van der Waals surface area contributed by atoms with E-state index >= 15 is 0 Å².